The van der Waals surface area contributed by atoms with Crippen LogP contribution in [0.5, 0.6) is 11.6 Å². The van der Waals surface area contributed by atoms with Crippen molar-refractivity contribution < 1.29 is 9.13 Å². The summed E-state index contributed by atoms with van der Waals surface area (Å²) >= 11 is 6.55. The van der Waals surface area contributed by atoms with Gasteiger partial charge in [-0.3, -0.25) is 0 Å². The number of nitrogens with one attached hydrogen (secondary N) is 1. The molecular formula is C13H11Br2FN2O. The van der Waals surface area contributed by atoms with Gasteiger partial charge in [0.15, 0.2) is 11.6 Å². The van der Waals surface area contributed by atoms with E-state index < -0.39 is 5.82 Å². The van der Waals surface area contributed by atoms with Gasteiger partial charge in [-0.15, -0.1) is 0 Å². The molecule has 0 radical (unpaired) electrons. The molecule has 1 N–H and O–H groups in total. The number of rotatable bonds is 4. The molecule has 0 saturated heterocycles. The van der Waals surface area contributed by atoms with Gasteiger partial charge >= 0.3 is 0 Å². The van der Waals surface area contributed by atoms with E-state index in [2.05, 4.69) is 42.2 Å². The summed E-state index contributed by atoms with van der Waals surface area (Å²) in [6.45, 7) is 0.583. The minimum absolute atomic E-state index is 0.148. The standard InChI is InChI=1S/C13H11Br2FN2O/c1-17-6-8-4-10(15)7-18-13(8)19-12-3-2-9(14)5-11(12)16/h2-5,7,17H,6H2,1H3. The fourth-order valence-corrected chi connectivity index (χ4v) is 2.25. The first kappa shape index (κ1) is 14.4. The Morgan fingerprint density at radius 1 is 1.26 bits per heavy atom. The Balaban J connectivity index is 2.32. The molecule has 100 valence electrons. The second kappa shape index (κ2) is 6.45. The van der Waals surface area contributed by atoms with Crippen molar-refractivity contribution in [3.8, 4) is 11.6 Å². The molecule has 2 rings (SSSR count). The minimum atomic E-state index is -0.436. The molecule has 0 saturated carbocycles. The molecule has 0 bridgehead atoms. The van der Waals surface area contributed by atoms with Gasteiger partial charge in [0.1, 0.15) is 0 Å². The van der Waals surface area contributed by atoms with Crippen molar-refractivity contribution in [1.29, 1.82) is 0 Å². The third-order valence-electron chi connectivity index (χ3n) is 2.36. The summed E-state index contributed by atoms with van der Waals surface area (Å²) in [4.78, 5) is 4.17. The van der Waals surface area contributed by atoms with Crippen LogP contribution in [0, 0.1) is 5.82 Å². The zero-order chi connectivity index (χ0) is 13.8. The fourth-order valence-electron chi connectivity index (χ4n) is 1.54. The van der Waals surface area contributed by atoms with Gasteiger partial charge in [0.2, 0.25) is 5.88 Å². The average molecular weight is 390 g/mol. The summed E-state index contributed by atoms with van der Waals surface area (Å²) in [6.07, 6.45) is 1.62. The molecule has 0 aliphatic carbocycles. The van der Waals surface area contributed by atoms with E-state index in [0.717, 1.165) is 10.0 Å². The van der Waals surface area contributed by atoms with Crippen molar-refractivity contribution in [2.45, 2.75) is 6.54 Å². The van der Waals surface area contributed by atoms with Crippen LogP contribution in [0.2, 0.25) is 0 Å². The van der Waals surface area contributed by atoms with Crippen molar-refractivity contribution in [3.05, 3.63) is 50.8 Å². The number of halogens is 3. The Labute approximate surface area is 127 Å². The minimum Gasteiger partial charge on any atom is -0.436 e. The Bertz CT molecular complexity index is 593. The van der Waals surface area contributed by atoms with Gasteiger partial charge in [-0.05, 0) is 47.2 Å². The van der Waals surface area contributed by atoms with Crippen LogP contribution in [-0.2, 0) is 6.54 Å². The molecule has 19 heavy (non-hydrogen) atoms. The zero-order valence-electron chi connectivity index (χ0n) is 10.1. The number of pyridine rings is 1. The van der Waals surface area contributed by atoms with Crippen LogP contribution >= 0.6 is 31.9 Å². The second-order valence-corrected chi connectivity index (χ2v) is 5.66. The van der Waals surface area contributed by atoms with Gasteiger partial charge in [0, 0.05) is 27.3 Å². The topological polar surface area (TPSA) is 34.2 Å². The summed E-state index contributed by atoms with van der Waals surface area (Å²) in [7, 11) is 1.82. The first-order chi connectivity index (χ1) is 9.10. The van der Waals surface area contributed by atoms with E-state index in [1.54, 1.807) is 18.3 Å². The van der Waals surface area contributed by atoms with Crippen molar-refractivity contribution in [1.82, 2.24) is 10.3 Å². The Morgan fingerprint density at radius 2 is 2.05 bits per heavy atom. The molecule has 0 aliphatic heterocycles. The quantitative estimate of drug-likeness (QED) is 0.848. The van der Waals surface area contributed by atoms with Crippen LogP contribution in [-0.4, -0.2) is 12.0 Å². The lowest BCUT2D eigenvalue weighted by Gasteiger charge is -2.11. The van der Waals surface area contributed by atoms with Crippen LogP contribution in [0.15, 0.2) is 39.4 Å². The number of benzene rings is 1. The number of ether oxygens (including phenoxy) is 1. The van der Waals surface area contributed by atoms with Gasteiger partial charge in [0.05, 0.1) is 0 Å². The largest absolute Gasteiger partial charge is 0.436 e. The van der Waals surface area contributed by atoms with E-state index in [1.165, 1.54) is 6.07 Å². The first-order valence-corrected chi connectivity index (χ1v) is 7.10. The van der Waals surface area contributed by atoms with Crippen LogP contribution in [0.25, 0.3) is 0 Å². The van der Waals surface area contributed by atoms with Crippen molar-refractivity contribution >= 4 is 31.9 Å². The SMILES string of the molecule is CNCc1cc(Br)cnc1Oc1ccc(Br)cc1F. The zero-order valence-corrected chi connectivity index (χ0v) is 13.3. The second-order valence-electron chi connectivity index (χ2n) is 3.82. The van der Waals surface area contributed by atoms with Crippen LogP contribution in [0.1, 0.15) is 5.56 Å². The number of nitrogens with zero attached hydrogens (tertiary/aromatic N) is 1. The molecular weight excluding hydrogens is 379 g/mol. The maximum Gasteiger partial charge on any atom is 0.223 e. The van der Waals surface area contributed by atoms with E-state index in [0.29, 0.717) is 16.9 Å². The molecule has 1 heterocycles. The van der Waals surface area contributed by atoms with Crippen LogP contribution < -0.4 is 10.1 Å². The molecule has 0 unspecified atom stereocenters. The van der Waals surface area contributed by atoms with E-state index >= 15 is 0 Å². The van der Waals surface area contributed by atoms with Gasteiger partial charge in [-0.25, -0.2) is 9.37 Å². The Morgan fingerprint density at radius 3 is 2.74 bits per heavy atom. The predicted molar refractivity (Wildman–Crippen MR) is 78.9 cm³/mol. The highest BCUT2D eigenvalue weighted by atomic mass is 79.9. The summed E-state index contributed by atoms with van der Waals surface area (Å²) in [6, 6.07) is 6.52. The maximum atomic E-state index is 13.7. The van der Waals surface area contributed by atoms with Crippen molar-refractivity contribution in [3.63, 3.8) is 0 Å². The summed E-state index contributed by atoms with van der Waals surface area (Å²) in [5.41, 5.74) is 0.846. The summed E-state index contributed by atoms with van der Waals surface area (Å²) < 4.78 is 20.8. The fraction of sp³-hybridized carbons (Fsp3) is 0.154. The van der Waals surface area contributed by atoms with Gasteiger partial charge < -0.3 is 10.1 Å². The van der Waals surface area contributed by atoms with Crippen LogP contribution in [0.4, 0.5) is 4.39 Å². The molecule has 2 aromatic rings. The molecule has 6 heteroatoms. The van der Waals surface area contributed by atoms with Gasteiger partial charge in [0.25, 0.3) is 0 Å². The highest BCUT2D eigenvalue weighted by molar-refractivity contribution is 9.10. The van der Waals surface area contributed by atoms with Crippen molar-refractivity contribution in [2.75, 3.05) is 7.05 Å². The molecule has 0 spiro atoms. The first-order valence-electron chi connectivity index (χ1n) is 5.52. The number of hydrogen-bond donors (Lipinski definition) is 1. The summed E-state index contributed by atoms with van der Waals surface area (Å²) in [5, 5.41) is 3.02. The van der Waals surface area contributed by atoms with Crippen molar-refractivity contribution in [2.24, 2.45) is 0 Å². The Kier molecular flexibility index (Phi) is 4.90. The molecule has 0 aliphatic rings. The predicted octanol–water partition coefficient (Wildman–Crippen LogP) is 4.26. The van der Waals surface area contributed by atoms with Gasteiger partial charge in [-0.1, -0.05) is 15.9 Å². The summed E-state index contributed by atoms with van der Waals surface area (Å²) in [5.74, 6) is 0.101. The van der Waals surface area contributed by atoms with Gasteiger partial charge in [-0.2, -0.15) is 0 Å². The lowest BCUT2D eigenvalue weighted by Crippen LogP contribution is -2.07. The maximum absolute atomic E-state index is 13.7. The molecule has 1 aromatic carbocycles. The van der Waals surface area contributed by atoms with E-state index in [9.17, 15) is 4.39 Å². The van der Waals surface area contributed by atoms with Crippen LogP contribution in [0.3, 0.4) is 0 Å². The van der Waals surface area contributed by atoms with E-state index in [4.69, 9.17) is 4.74 Å². The molecule has 0 amide bonds. The number of hydrogen-bond acceptors (Lipinski definition) is 3. The molecule has 1 aromatic heterocycles. The molecule has 3 nitrogen and oxygen atoms in total. The highest BCUT2D eigenvalue weighted by Crippen LogP contribution is 2.28. The highest BCUT2D eigenvalue weighted by Gasteiger charge is 2.10. The lowest BCUT2D eigenvalue weighted by molar-refractivity contribution is 0.421. The third kappa shape index (κ3) is 3.75. The third-order valence-corrected chi connectivity index (χ3v) is 3.29. The molecule has 0 atom stereocenters. The molecule has 0 fully saturated rings. The normalized spacial score (nSPS) is 10.5. The smallest absolute Gasteiger partial charge is 0.223 e. The lowest BCUT2D eigenvalue weighted by atomic mass is 10.2. The Hall–Kier alpha value is -0.980. The van der Waals surface area contributed by atoms with E-state index in [-0.39, 0.29) is 5.75 Å². The monoisotopic (exact) mass is 388 g/mol. The average Bonchev–Trinajstić information content (AvgIpc) is 2.36. The van der Waals surface area contributed by atoms with E-state index in [1.807, 2.05) is 13.1 Å². The number of aromatic nitrogens is 1.